The molecule has 0 aromatic heterocycles. The summed E-state index contributed by atoms with van der Waals surface area (Å²) < 4.78 is 21.9. The van der Waals surface area contributed by atoms with Crippen LogP contribution < -0.4 is 18.9 Å². The Balaban J connectivity index is 1.53. The predicted octanol–water partition coefficient (Wildman–Crippen LogP) is 5.08. The number of likely N-dealkylation sites (N-methyl/N-ethyl adjacent to an activating group) is 1. The molecule has 0 N–H and O–H groups in total. The smallest absolute Gasteiger partial charge is 0.231 e. The molecule has 0 saturated carbocycles. The Labute approximate surface area is 192 Å². The molecular formula is C27H35NO4. The summed E-state index contributed by atoms with van der Waals surface area (Å²) in [5.41, 5.74) is 3.56. The maximum Gasteiger partial charge on any atom is 0.231 e. The fourth-order valence-corrected chi connectivity index (χ4v) is 3.74. The SMILES string of the molecule is CCCCC#Cc1cc2c(cc1CCCN(C)CCc1ccc(OC)c(OC)c1)OCO2. The van der Waals surface area contributed by atoms with Gasteiger partial charge in [0, 0.05) is 24.6 Å². The number of benzene rings is 2. The van der Waals surface area contributed by atoms with E-state index in [0.717, 1.165) is 80.2 Å². The van der Waals surface area contributed by atoms with E-state index in [1.165, 1.54) is 11.1 Å². The molecule has 2 aromatic rings. The molecule has 5 heteroatoms. The largest absolute Gasteiger partial charge is 0.493 e. The minimum atomic E-state index is 0.292. The predicted molar refractivity (Wildman–Crippen MR) is 128 cm³/mol. The topological polar surface area (TPSA) is 40.2 Å². The summed E-state index contributed by atoms with van der Waals surface area (Å²) in [7, 11) is 5.51. The van der Waals surface area contributed by atoms with Crippen molar-refractivity contribution in [2.75, 3.05) is 41.1 Å². The lowest BCUT2D eigenvalue weighted by Gasteiger charge is -2.17. The lowest BCUT2D eigenvalue weighted by molar-refractivity contribution is 0.174. The Morgan fingerprint density at radius 1 is 0.938 bits per heavy atom. The van der Waals surface area contributed by atoms with Crippen LogP contribution in [0.15, 0.2) is 30.3 Å². The van der Waals surface area contributed by atoms with Crippen LogP contribution in [0.4, 0.5) is 0 Å². The first-order chi connectivity index (χ1) is 15.6. The maximum absolute atomic E-state index is 5.59. The fraction of sp³-hybridized carbons (Fsp3) is 0.481. The summed E-state index contributed by atoms with van der Waals surface area (Å²) in [6, 6.07) is 10.3. The molecule has 0 aliphatic carbocycles. The molecule has 3 rings (SSSR count). The Kier molecular flexibility index (Phi) is 9.13. The van der Waals surface area contributed by atoms with E-state index in [-0.39, 0.29) is 0 Å². The van der Waals surface area contributed by atoms with Crippen LogP contribution in [0.1, 0.15) is 49.3 Å². The van der Waals surface area contributed by atoms with E-state index in [2.05, 4.69) is 48.9 Å². The van der Waals surface area contributed by atoms with Crippen LogP contribution in [0.2, 0.25) is 0 Å². The normalized spacial score (nSPS) is 11.9. The first kappa shape index (κ1) is 23.8. The van der Waals surface area contributed by atoms with Crippen LogP contribution >= 0.6 is 0 Å². The fourth-order valence-electron chi connectivity index (χ4n) is 3.74. The third kappa shape index (κ3) is 6.58. The quantitative estimate of drug-likeness (QED) is 0.362. The summed E-state index contributed by atoms with van der Waals surface area (Å²) in [5.74, 6) is 9.86. The molecule has 2 aromatic carbocycles. The minimum absolute atomic E-state index is 0.292. The van der Waals surface area contributed by atoms with Crippen molar-refractivity contribution in [1.29, 1.82) is 0 Å². The zero-order chi connectivity index (χ0) is 22.8. The highest BCUT2D eigenvalue weighted by molar-refractivity contribution is 5.54. The Hall–Kier alpha value is -2.84. The number of ether oxygens (including phenoxy) is 4. The van der Waals surface area contributed by atoms with Crippen molar-refractivity contribution < 1.29 is 18.9 Å². The third-order valence-electron chi connectivity index (χ3n) is 5.69. The zero-order valence-electron chi connectivity index (χ0n) is 19.8. The van der Waals surface area contributed by atoms with Gasteiger partial charge in [0.25, 0.3) is 0 Å². The van der Waals surface area contributed by atoms with E-state index in [4.69, 9.17) is 18.9 Å². The second kappa shape index (κ2) is 12.3. The molecule has 0 amide bonds. The summed E-state index contributed by atoms with van der Waals surface area (Å²) in [4.78, 5) is 2.37. The Bertz CT molecular complexity index is 945. The van der Waals surface area contributed by atoms with E-state index in [9.17, 15) is 0 Å². The van der Waals surface area contributed by atoms with Gasteiger partial charge in [0.05, 0.1) is 14.2 Å². The zero-order valence-corrected chi connectivity index (χ0v) is 19.8. The van der Waals surface area contributed by atoms with Gasteiger partial charge in [0.2, 0.25) is 6.79 Å². The molecule has 32 heavy (non-hydrogen) atoms. The van der Waals surface area contributed by atoms with Gasteiger partial charge in [0.1, 0.15) is 0 Å². The molecule has 0 spiro atoms. The molecule has 0 saturated heterocycles. The standard InChI is InChI=1S/C27H35NO4/c1-5-6-7-8-10-22-18-26-27(32-20-31-26)19-23(22)11-9-15-28(2)16-14-21-12-13-24(29-3)25(17-21)30-4/h12-13,17-19H,5-7,9,11,14-16,20H2,1-4H3. The lowest BCUT2D eigenvalue weighted by atomic mass is 10.0. The average Bonchev–Trinajstić information content (AvgIpc) is 3.27. The van der Waals surface area contributed by atoms with Gasteiger partial charge in [-0.25, -0.2) is 0 Å². The van der Waals surface area contributed by atoms with Crippen LogP contribution in [-0.2, 0) is 12.8 Å². The molecule has 0 unspecified atom stereocenters. The van der Waals surface area contributed by atoms with Crippen LogP contribution in [0, 0.1) is 11.8 Å². The molecule has 0 radical (unpaired) electrons. The van der Waals surface area contributed by atoms with Crippen molar-refractivity contribution >= 4 is 0 Å². The van der Waals surface area contributed by atoms with E-state index in [0.29, 0.717) is 6.79 Å². The highest BCUT2D eigenvalue weighted by atomic mass is 16.7. The number of nitrogens with zero attached hydrogens (tertiary/aromatic N) is 1. The van der Waals surface area contributed by atoms with Crippen molar-refractivity contribution in [3.8, 4) is 34.8 Å². The molecule has 1 heterocycles. The van der Waals surface area contributed by atoms with Crippen molar-refractivity contribution in [3.63, 3.8) is 0 Å². The Morgan fingerprint density at radius 2 is 1.72 bits per heavy atom. The number of methoxy groups -OCH3 is 2. The molecule has 1 aliphatic heterocycles. The van der Waals surface area contributed by atoms with Crippen molar-refractivity contribution in [1.82, 2.24) is 4.90 Å². The first-order valence-corrected chi connectivity index (χ1v) is 11.5. The number of hydrogen-bond acceptors (Lipinski definition) is 5. The molecule has 0 bridgehead atoms. The summed E-state index contributed by atoms with van der Waals surface area (Å²) >= 11 is 0. The molecule has 0 fully saturated rings. The minimum Gasteiger partial charge on any atom is -0.493 e. The van der Waals surface area contributed by atoms with Gasteiger partial charge in [-0.05, 0) is 68.6 Å². The van der Waals surface area contributed by atoms with Crippen LogP contribution in [-0.4, -0.2) is 46.0 Å². The van der Waals surface area contributed by atoms with Gasteiger partial charge in [-0.15, -0.1) is 0 Å². The maximum atomic E-state index is 5.59. The molecule has 5 nitrogen and oxygen atoms in total. The number of fused-ring (bicyclic) bond motifs is 1. The lowest BCUT2D eigenvalue weighted by Crippen LogP contribution is -2.23. The van der Waals surface area contributed by atoms with E-state index in [1.54, 1.807) is 14.2 Å². The average molecular weight is 438 g/mol. The number of rotatable bonds is 11. The van der Waals surface area contributed by atoms with Crippen molar-refractivity contribution in [2.45, 2.75) is 45.4 Å². The third-order valence-corrected chi connectivity index (χ3v) is 5.69. The highest BCUT2D eigenvalue weighted by Gasteiger charge is 2.16. The molecule has 0 atom stereocenters. The number of aryl methyl sites for hydroxylation is 1. The highest BCUT2D eigenvalue weighted by Crippen LogP contribution is 2.35. The van der Waals surface area contributed by atoms with Crippen LogP contribution in [0.25, 0.3) is 0 Å². The van der Waals surface area contributed by atoms with E-state index < -0.39 is 0 Å². The Morgan fingerprint density at radius 3 is 2.47 bits per heavy atom. The number of unbranched alkanes of at least 4 members (excludes halogenated alkanes) is 2. The summed E-state index contributed by atoms with van der Waals surface area (Å²) in [6.45, 7) is 4.49. The van der Waals surface area contributed by atoms with E-state index >= 15 is 0 Å². The van der Waals surface area contributed by atoms with Gasteiger partial charge < -0.3 is 23.8 Å². The second-order valence-electron chi connectivity index (χ2n) is 8.11. The van der Waals surface area contributed by atoms with Gasteiger partial charge in [0.15, 0.2) is 23.0 Å². The monoisotopic (exact) mass is 437 g/mol. The summed E-state index contributed by atoms with van der Waals surface area (Å²) in [6.07, 6.45) is 6.23. The van der Waals surface area contributed by atoms with Crippen LogP contribution in [0.5, 0.6) is 23.0 Å². The second-order valence-corrected chi connectivity index (χ2v) is 8.11. The van der Waals surface area contributed by atoms with Crippen molar-refractivity contribution in [2.24, 2.45) is 0 Å². The van der Waals surface area contributed by atoms with E-state index in [1.807, 2.05) is 12.1 Å². The van der Waals surface area contributed by atoms with Gasteiger partial charge in [-0.3, -0.25) is 0 Å². The first-order valence-electron chi connectivity index (χ1n) is 11.5. The summed E-state index contributed by atoms with van der Waals surface area (Å²) in [5, 5.41) is 0. The molecule has 1 aliphatic rings. The van der Waals surface area contributed by atoms with Crippen molar-refractivity contribution in [3.05, 3.63) is 47.0 Å². The molecule has 172 valence electrons. The molecular weight excluding hydrogens is 402 g/mol. The van der Waals surface area contributed by atoms with Gasteiger partial charge in [-0.2, -0.15) is 0 Å². The van der Waals surface area contributed by atoms with Gasteiger partial charge in [-0.1, -0.05) is 31.3 Å². The van der Waals surface area contributed by atoms with Gasteiger partial charge >= 0.3 is 0 Å². The van der Waals surface area contributed by atoms with Crippen LogP contribution in [0.3, 0.4) is 0 Å². The number of hydrogen-bond donors (Lipinski definition) is 0.